The van der Waals surface area contributed by atoms with Gasteiger partial charge in [-0.2, -0.15) is 4.98 Å². The molecule has 0 saturated heterocycles. The quantitative estimate of drug-likeness (QED) is 0.807. The lowest BCUT2D eigenvalue weighted by Crippen LogP contribution is -2.23. The molecule has 0 radical (unpaired) electrons. The van der Waals surface area contributed by atoms with Crippen molar-refractivity contribution in [2.24, 2.45) is 0 Å². The molecule has 2 aromatic heterocycles. The van der Waals surface area contributed by atoms with Gasteiger partial charge in [0, 0.05) is 17.4 Å². The summed E-state index contributed by atoms with van der Waals surface area (Å²) in [7, 11) is 0. The molecule has 0 amide bonds. The predicted molar refractivity (Wildman–Crippen MR) is 91.6 cm³/mol. The average molecular weight is 311 g/mol. The summed E-state index contributed by atoms with van der Waals surface area (Å²) in [5.41, 5.74) is 4.00. The van der Waals surface area contributed by atoms with E-state index in [0.717, 1.165) is 11.4 Å². The number of hydrogen-bond donors (Lipinski definition) is 1. The summed E-state index contributed by atoms with van der Waals surface area (Å²) in [4.78, 5) is 16.8. The van der Waals surface area contributed by atoms with Gasteiger partial charge in [0.2, 0.25) is 0 Å². The van der Waals surface area contributed by atoms with Crippen LogP contribution in [0.4, 0.5) is 11.5 Å². The molecule has 0 bridgehead atoms. The van der Waals surface area contributed by atoms with E-state index in [-0.39, 0.29) is 11.7 Å². The molecular weight excluding hydrogens is 290 g/mol. The third kappa shape index (κ3) is 2.84. The topological polar surface area (TPSA) is 64.2 Å². The van der Waals surface area contributed by atoms with Crippen LogP contribution in [0.3, 0.4) is 0 Å². The van der Waals surface area contributed by atoms with Crippen molar-refractivity contribution in [2.75, 3.05) is 5.32 Å². The van der Waals surface area contributed by atoms with E-state index in [1.807, 2.05) is 26.8 Å². The summed E-state index contributed by atoms with van der Waals surface area (Å²) in [6.45, 7) is 9.86. The van der Waals surface area contributed by atoms with E-state index < -0.39 is 0 Å². The number of anilines is 2. The third-order valence-electron chi connectivity index (χ3n) is 3.69. The second-order valence-corrected chi connectivity index (χ2v) is 6.24. The third-order valence-corrected chi connectivity index (χ3v) is 3.69. The van der Waals surface area contributed by atoms with Crippen LogP contribution < -0.4 is 11.0 Å². The summed E-state index contributed by atoms with van der Waals surface area (Å²) in [6, 6.07) is 8.11. The Bertz CT molecular complexity index is 916. The lowest BCUT2D eigenvalue weighted by molar-refractivity contribution is 0.513. The van der Waals surface area contributed by atoms with Crippen molar-refractivity contribution in [3.8, 4) is 0 Å². The molecule has 23 heavy (non-hydrogen) atoms. The number of nitrogens with one attached hydrogen (secondary N) is 1. The number of rotatable bonds is 3. The van der Waals surface area contributed by atoms with Gasteiger partial charge in [-0.05, 0) is 57.9 Å². The maximum Gasteiger partial charge on any atom is 0.352 e. The highest BCUT2D eigenvalue weighted by Crippen LogP contribution is 2.19. The highest BCUT2D eigenvalue weighted by molar-refractivity contribution is 5.60. The van der Waals surface area contributed by atoms with Gasteiger partial charge in [-0.3, -0.25) is 0 Å². The SMILES string of the molecule is Cc1cc(C)cc(Nc2cc(C)n3c(=O)n(C(C)C)nc3n2)c1. The zero-order valence-corrected chi connectivity index (χ0v) is 14.1. The predicted octanol–water partition coefficient (Wildman–Crippen LogP) is 3.14. The summed E-state index contributed by atoms with van der Waals surface area (Å²) in [5, 5.41) is 7.63. The molecule has 0 spiro atoms. The summed E-state index contributed by atoms with van der Waals surface area (Å²) in [6.07, 6.45) is 0. The molecule has 0 atom stereocenters. The Balaban J connectivity index is 2.07. The Morgan fingerprint density at radius 2 is 1.70 bits per heavy atom. The summed E-state index contributed by atoms with van der Waals surface area (Å²) < 4.78 is 2.99. The standard InChI is InChI=1S/C17H21N5O/c1-10(2)22-17(23)21-13(5)9-15(19-16(21)20-22)18-14-7-11(3)6-12(4)8-14/h6-10H,1-5H3,(H,18,19,20). The molecule has 1 aromatic carbocycles. The van der Waals surface area contributed by atoms with E-state index in [1.165, 1.54) is 20.2 Å². The second-order valence-electron chi connectivity index (χ2n) is 6.24. The fourth-order valence-corrected chi connectivity index (χ4v) is 2.75. The van der Waals surface area contributed by atoms with Crippen LogP contribution in [-0.4, -0.2) is 19.2 Å². The number of hydrogen-bond acceptors (Lipinski definition) is 4. The normalized spacial score (nSPS) is 11.4. The van der Waals surface area contributed by atoms with Gasteiger partial charge in [-0.1, -0.05) is 6.07 Å². The van der Waals surface area contributed by atoms with Crippen LogP contribution in [0.15, 0.2) is 29.1 Å². The summed E-state index contributed by atoms with van der Waals surface area (Å²) >= 11 is 0. The van der Waals surface area contributed by atoms with E-state index in [4.69, 9.17) is 0 Å². The van der Waals surface area contributed by atoms with Crippen molar-refractivity contribution < 1.29 is 0 Å². The van der Waals surface area contributed by atoms with Crippen molar-refractivity contribution in [1.82, 2.24) is 19.2 Å². The number of nitrogens with zero attached hydrogens (tertiary/aromatic N) is 4. The highest BCUT2D eigenvalue weighted by Gasteiger charge is 2.13. The van der Waals surface area contributed by atoms with Gasteiger partial charge in [0.25, 0.3) is 5.78 Å². The Morgan fingerprint density at radius 3 is 2.30 bits per heavy atom. The van der Waals surface area contributed by atoms with E-state index in [1.54, 1.807) is 0 Å². The van der Waals surface area contributed by atoms with Crippen LogP contribution in [-0.2, 0) is 0 Å². The minimum absolute atomic E-state index is 0.000526. The first-order valence-corrected chi connectivity index (χ1v) is 7.69. The molecule has 6 heteroatoms. The lowest BCUT2D eigenvalue weighted by Gasteiger charge is -2.09. The largest absolute Gasteiger partial charge is 0.352 e. The number of aryl methyl sites for hydroxylation is 3. The van der Waals surface area contributed by atoms with Gasteiger partial charge in [0.1, 0.15) is 5.82 Å². The molecule has 0 aliphatic heterocycles. The minimum atomic E-state index is -0.155. The molecule has 1 N–H and O–H groups in total. The lowest BCUT2D eigenvalue weighted by atomic mass is 10.1. The van der Waals surface area contributed by atoms with Crippen LogP contribution in [0.1, 0.15) is 36.7 Å². The maximum atomic E-state index is 12.4. The van der Waals surface area contributed by atoms with Gasteiger partial charge in [0.15, 0.2) is 0 Å². The van der Waals surface area contributed by atoms with Crippen LogP contribution in [0, 0.1) is 20.8 Å². The number of fused-ring (bicyclic) bond motifs is 1. The smallest absolute Gasteiger partial charge is 0.340 e. The Kier molecular flexibility index (Phi) is 3.67. The monoisotopic (exact) mass is 311 g/mol. The molecule has 3 rings (SSSR count). The Morgan fingerprint density at radius 1 is 1.04 bits per heavy atom. The summed E-state index contributed by atoms with van der Waals surface area (Å²) in [5.74, 6) is 1.09. The number of benzene rings is 1. The molecule has 0 aliphatic rings. The first-order chi connectivity index (χ1) is 10.8. The van der Waals surface area contributed by atoms with Gasteiger partial charge in [0.05, 0.1) is 6.04 Å². The van der Waals surface area contributed by atoms with Gasteiger partial charge in [-0.25, -0.2) is 13.9 Å². The van der Waals surface area contributed by atoms with Crippen LogP contribution in [0.25, 0.3) is 5.78 Å². The van der Waals surface area contributed by atoms with Crippen molar-refractivity contribution in [3.05, 3.63) is 51.6 Å². The zero-order valence-electron chi connectivity index (χ0n) is 14.1. The zero-order chi connectivity index (χ0) is 16.7. The van der Waals surface area contributed by atoms with Crippen LogP contribution in [0.5, 0.6) is 0 Å². The fraction of sp³-hybridized carbons (Fsp3) is 0.353. The fourth-order valence-electron chi connectivity index (χ4n) is 2.75. The molecule has 3 aromatic rings. The molecule has 0 saturated carbocycles. The van der Waals surface area contributed by atoms with Crippen LogP contribution >= 0.6 is 0 Å². The Hall–Kier alpha value is -2.63. The minimum Gasteiger partial charge on any atom is -0.340 e. The molecule has 0 fully saturated rings. The van der Waals surface area contributed by atoms with Crippen molar-refractivity contribution in [1.29, 1.82) is 0 Å². The van der Waals surface area contributed by atoms with E-state index in [2.05, 4.69) is 47.4 Å². The molecule has 0 unspecified atom stereocenters. The van der Waals surface area contributed by atoms with Gasteiger partial charge < -0.3 is 5.32 Å². The van der Waals surface area contributed by atoms with Crippen molar-refractivity contribution in [2.45, 2.75) is 40.7 Å². The average Bonchev–Trinajstić information content (AvgIpc) is 2.75. The van der Waals surface area contributed by atoms with E-state index in [0.29, 0.717) is 11.6 Å². The molecule has 2 heterocycles. The van der Waals surface area contributed by atoms with Gasteiger partial charge in [-0.15, -0.1) is 5.10 Å². The first kappa shape index (κ1) is 15.3. The molecular formula is C17H21N5O. The van der Waals surface area contributed by atoms with Gasteiger partial charge >= 0.3 is 5.69 Å². The molecule has 0 aliphatic carbocycles. The van der Waals surface area contributed by atoms with Crippen molar-refractivity contribution in [3.63, 3.8) is 0 Å². The van der Waals surface area contributed by atoms with Crippen molar-refractivity contribution >= 4 is 17.3 Å². The van der Waals surface area contributed by atoms with E-state index in [9.17, 15) is 4.79 Å². The first-order valence-electron chi connectivity index (χ1n) is 7.69. The highest BCUT2D eigenvalue weighted by atomic mass is 16.2. The van der Waals surface area contributed by atoms with Crippen LogP contribution in [0.2, 0.25) is 0 Å². The molecule has 120 valence electrons. The number of aromatic nitrogens is 4. The molecule has 6 nitrogen and oxygen atoms in total. The Labute approximate surface area is 134 Å². The van der Waals surface area contributed by atoms with E-state index >= 15 is 0 Å². The second kappa shape index (κ2) is 5.53. The maximum absolute atomic E-state index is 12.4.